The van der Waals surface area contributed by atoms with Crippen molar-refractivity contribution in [3.8, 4) is 16.9 Å². The highest BCUT2D eigenvalue weighted by Crippen LogP contribution is 2.22. The molecule has 2 rings (SSSR count). The van der Waals surface area contributed by atoms with E-state index in [4.69, 9.17) is 10.5 Å². The summed E-state index contributed by atoms with van der Waals surface area (Å²) in [5.41, 5.74) is 7.81. The number of aromatic nitrogens is 1. The Hall–Kier alpha value is -2.03. The highest BCUT2D eigenvalue weighted by atomic mass is 16.5. The van der Waals surface area contributed by atoms with Gasteiger partial charge in [-0.3, -0.25) is 0 Å². The number of nitrogens with zero attached hydrogens (tertiary/aromatic N) is 1. The summed E-state index contributed by atoms with van der Waals surface area (Å²) in [5.74, 6) is 1.42. The molecule has 3 nitrogen and oxygen atoms in total. The summed E-state index contributed by atoms with van der Waals surface area (Å²) < 4.78 is 5.38. The maximum atomic E-state index is 5.64. The van der Waals surface area contributed by atoms with Crippen molar-refractivity contribution in [2.24, 2.45) is 0 Å². The van der Waals surface area contributed by atoms with Gasteiger partial charge in [-0.25, -0.2) is 4.98 Å². The number of hydrogen-bond acceptors (Lipinski definition) is 3. The minimum Gasteiger partial charge on any atom is -0.494 e. The molecule has 0 aliphatic heterocycles. The molecular formula is C13H14N2O. The second kappa shape index (κ2) is 4.66. The Labute approximate surface area is 94.9 Å². The fraction of sp³-hybridized carbons (Fsp3) is 0.154. The lowest BCUT2D eigenvalue weighted by molar-refractivity contribution is 0.340. The largest absolute Gasteiger partial charge is 0.494 e. The Morgan fingerprint density at radius 3 is 2.50 bits per heavy atom. The molecule has 2 N–H and O–H groups in total. The van der Waals surface area contributed by atoms with Crippen LogP contribution in [-0.2, 0) is 0 Å². The fourth-order valence-corrected chi connectivity index (χ4v) is 1.54. The first-order chi connectivity index (χ1) is 7.79. The second-order valence-corrected chi connectivity index (χ2v) is 3.43. The first kappa shape index (κ1) is 10.5. The Kier molecular flexibility index (Phi) is 3.05. The maximum Gasteiger partial charge on any atom is 0.123 e. The summed E-state index contributed by atoms with van der Waals surface area (Å²) in [6.07, 6.45) is 1.71. The highest BCUT2D eigenvalue weighted by molar-refractivity contribution is 5.66. The predicted octanol–water partition coefficient (Wildman–Crippen LogP) is 2.73. The van der Waals surface area contributed by atoms with E-state index in [0.717, 1.165) is 16.9 Å². The van der Waals surface area contributed by atoms with Crippen molar-refractivity contribution < 1.29 is 4.74 Å². The van der Waals surface area contributed by atoms with Crippen LogP contribution in [0.4, 0.5) is 5.82 Å². The summed E-state index contributed by atoms with van der Waals surface area (Å²) >= 11 is 0. The van der Waals surface area contributed by atoms with E-state index >= 15 is 0 Å². The Balaban J connectivity index is 2.27. The molecule has 0 bridgehead atoms. The van der Waals surface area contributed by atoms with E-state index in [1.807, 2.05) is 43.3 Å². The third-order valence-electron chi connectivity index (χ3n) is 2.28. The summed E-state index contributed by atoms with van der Waals surface area (Å²) in [7, 11) is 0. The van der Waals surface area contributed by atoms with Gasteiger partial charge in [0.05, 0.1) is 6.61 Å². The van der Waals surface area contributed by atoms with Crippen molar-refractivity contribution in [2.45, 2.75) is 6.92 Å². The van der Waals surface area contributed by atoms with E-state index < -0.39 is 0 Å². The quantitative estimate of drug-likeness (QED) is 0.854. The highest BCUT2D eigenvalue weighted by Gasteiger charge is 1.99. The van der Waals surface area contributed by atoms with Gasteiger partial charge < -0.3 is 10.5 Å². The average Bonchev–Trinajstić information content (AvgIpc) is 2.30. The predicted molar refractivity (Wildman–Crippen MR) is 65.3 cm³/mol. The molecule has 1 aromatic heterocycles. The molecule has 0 atom stereocenters. The van der Waals surface area contributed by atoms with Gasteiger partial charge in [-0.15, -0.1) is 0 Å². The van der Waals surface area contributed by atoms with E-state index in [1.54, 1.807) is 6.20 Å². The number of pyridine rings is 1. The third-order valence-corrected chi connectivity index (χ3v) is 2.28. The number of hydrogen-bond donors (Lipinski definition) is 1. The minimum atomic E-state index is 0.534. The molecule has 0 spiro atoms. The first-order valence-electron chi connectivity index (χ1n) is 5.24. The Bertz CT molecular complexity index is 466. The first-order valence-corrected chi connectivity index (χ1v) is 5.24. The fourth-order valence-electron chi connectivity index (χ4n) is 1.54. The lowest BCUT2D eigenvalue weighted by Crippen LogP contribution is -1.91. The number of ether oxygens (including phenoxy) is 1. The molecular weight excluding hydrogens is 200 g/mol. The van der Waals surface area contributed by atoms with Crippen LogP contribution in [0.3, 0.4) is 0 Å². The van der Waals surface area contributed by atoms with E-state index in [9.17, 15) is 0 Å². The van der Waals surface area contributed by atoms with Crippen LogP contribution in [0.15, 0.2) is 42.6 Å². The number of anilines is 1. The standard InChI is InChI=1S/C13H14N2O/c1-2-16-12-5-3-10(4-6-12)11-7-8-15-13(14)9-11/h3-9H,2H2,1H3,(H2,14,15). The van der Waals surface area contributed by atoms with Gasteiger partial charge in [-0.2, -0.15) is 0 Å². The molecule has 0 unspecified atom stereocenters. The molecule has 1 heterocycles. The summed E-state index contributed by atoms with van der Waals surface area (Å²) in [5, 5.41) is 0. The molecule has 16 heavy (non-hydrogen) atoms. The van der Waals surface area contributed by atoms with Crippen LogP contribution in [0.1, 0.15) is 6.92 Å². The van der Waals surface area contributed by atoms with Gasteiger partial charge in [0.25, 0.3) is 0 Å². The van der Waals surface area contributed by atoms with Gasteiger partial charge >= 0.3 is 0 Å². The van der Waals surface area contributed by atoms with Crippen LogP contribution < -0.4 is 10.5 Å². The summed E-state index contributed by atoms with van der Waals surface area (Å²) in [6, 6.07) is 11.7. The van der Waals surface area contributed by atoms with Crippen LogP contribution in [0.2, 0.25) is 0 Å². The van der Waals surface area contributed by atoms with Crippen molar-refractivity contribution in [3.63, 3.8) is 0 Å². The molecule has 3 heteroatoms. The third kappa shape index (κ3) is 2.31. The molecule has 1 aromatic carbocycles. The molecule has 82 valence electrons. The molecule has 2 aromatic rings. The van der Waals surface area contributed by atoms with Crippen LogP contribution in [0.5, 0.6) is 5.75 Å². The number of benzene rings is 1. The topological polar surface area (TPSA) is 48.1 Å². The zero-order chi connectivity index (χ0) is 11.4. The van der Waals surface area contributed by atoms with Gasteiger partial charge in [-0.05, 0) is 42.3 Å². The second-order valence-electron chi connectivity index (χ2n) is 3.43. The van der Waals surface area contributed by atoms with Crippen LogP contribution >= 0.6 is 0 Å². The van der Waals surface area contributed by atoms with E-state index in [2.05, 4.69) is 4.98 Å². The van der Waals surface area contributed by atoms with E-state index in [-0.39, 0.29) is 0 Å². The zero-order valence-electron chi connectivity index (χ0n) is 9.18. The maximum absolute atomic E-state index is 5.64. The Morgan fingerprint density at radius 1 is 1.12 bits per heavy atom. The van der Waals surface area contributed by atoms with Crippen molar-refractivity contribution >= 4 is 5.82 Å². The van der Waals surface area contributed by atoms with Crippen molar-refractivity contribution in [2.75, 3.05) is 12.3 Å². The van der Waals surface area contributed by atoms with Gasteiger partial charge in [0, 0.05) is 6.20 Å². The number of nitrogens with two attached hydrogens (primary N) is 1. The van der Waals surface area contributed by atoms with Crippen LogP contribution in [-0.4, -0.2) is 11.6 Å². The smallest absolute Gasteiger partial charge is 0.123 e. The zero-order valence-corrected chi connectivity index (χ0v) is 9.18. The molecule has 0 aliphatic rings. The average molecular weight is 214 g/mol. The van der Waals surface area contributed by atoms with Crippen molar-refractivity contribution in [1.29, 1.82) is 0 Å². The van der Waals surface area contributed by atoms with E-state index in [0.29, 0.717) is 12.4 Å². The van der Waals surface area contributed by atoms with Crippen molar-refractivity contribution in [3.05, 3.63) is 42.6 Å². The molecule has 0 amide bonds. The van der Waals surface area contributed by atoms with Gasteiger partial charge in [0.2, 0.25) is 0 Å². The molecule has 0 aliphatic carbocycles. The number of rotatable bonds is 3. The van der Waals surface area contributed by atoms with Crippen LogP contribution in [0, 0.1) is 0 Å². The minimum absolute atomic E-state index is 0.534. The Morgan fingerprint density at radius 2 is 1.88 bits per heavy atom. The molecule has 0 fully saturated rings. The summed E-state index contributed by atoms with van der Waals surface area (Å²) in [4.78, 5) is 3.97. The molecule has 0 saturated carbocycles. The SMILES string of the molecule is CCOc1ccc(-c2ccnc(N)c2)cc1. The molecule has 0 saturated heterocycles. The van der Waals surface area contributed by atoms with Gasteiger partial charge in [-0.1, -0.05) is 12.1 Å². The number of nitrogen functional groups attached to an aromatic ring is 1. The normalized spacial score (nSPS) is 10.1. The lowest BCUT2D eigenvalue weighted by atomic mass is 10.1. The van der Waals surface area contributed by atoms with Gasteiger partial charge in [0.15, 0.2) is 0 Å². The van der Waals surface area contributed by atoms with E-state index in [1.165, 1.54) is 0 Å². The van der Waals surface area contributed by atoms with Crippen LogP contribution in [0.25, 0.3) is 11.1 Å². The van der Waals surface area contributed by atoms with Gasteiger partial charge in [0.1, 0.15) is 11.6 Å². The molecule has 0 radical (unpaired) electrons. The monoisotopic (exact) mass is 214 g/mol. The lowest BCUT2D eigenvalue weighted by Gasteiger charge is -2.05. The van der Waals surface area contributed by atoms with Crippen molar-refractivity contribution in [1.82, 2.24) is 4.98 Å². The summed E-state index contributed by atoms with van der Waals surface area (Å²) in [6.45, 7) is 2.65.